The molecule has 5 heterocycles. The number of hydrogen-bond acceptors (Lipinski definition) is 7. The van der Waals surface area contributed by atoms with Crippen LogP contribution >= 0.6 is 0 Å². The highest BCUT2D eigenvalue weighted by Crippen LogP contribution is 2.36. The van der Waals surface area contributed by atoms with Gasteiger partial charge in [0.25, 0.3) is 0 Å². The van der Waals surface area contributed by atoms with Gasteiger partial charge in [-0.3, -0.25) is 4.90 Å². The van der Waals surface area contributed by atoms with E-state index >= 15 is 0 Å². The molecule has 0 amide bonds. The molecule has 1 aromatic carbocycles. The molecular weight excluding hydrogens is 404 g/mol. The maximum atomic E-state index is 14.1. The van der Waals surface area contributed by atoms with Crippen LogP contribution in [0, 0.1) is 11.6 Å². The number of hydrogen-bond donors (Lipinski definition) is 1. The van der Waals surface area contributed by atoms with Gasteiger partial charge < -0.3 is 15.1 Å². The number of benzene rings is 1. The maximum Gasteiger partial charge on any atom is 0.225 e. The van der Waals surface area contributed by atoms with E-state index in [0.29, 0.717) is 30.3 Å². The number of anilines is 2. The molecule has 2 N–H and O–H groups in total. The number of furan rings is 1. The van der Waals surface area contributed by atoms with Crippen molar-refractivity contribution < 1.29 is 13.2 Å². The molecule has 0 aliphatic carbocycles. The van der Waals surface area contributed by atoms with Gasteiger partial charge in [-0.05, 0) is 30.7 Å². The quantitative estimate of drug-likeness (QED) is 0.540. The third-order valence-corrected chi connectivity index (χ3v) is 6.15. The van der Waals surface area contributed by atoms with Gasteiger partial charge in [-0.25, -0.2) is 13.8 Å². The molecule has 6 rings (SSSR count). The van der Waals surface area contributed by atoms with Crippen LogP contribution in [0.4, 0.5) is 20.5 Å². The molecule has 3 aromatic heterocycles. The van der Waals surface area contributed by atoms with Crippen LogP contribution in [0.2, 0.25) is 0 Å². The predicted octanol–water partition coefficient (Wildman–Crippen LogP) is 2.71. The third kappa shape index (κ3) is 2.94. The van der Waals surface area contributed by atoms with Crippen molar-refractivity contribution in [2.75, 3.05) is 23.7 Å². The van der Waals surface area contributed by atoms with Gasteiger partial charge in [0.1, 0.15) is 17.5 Å². The molecular formula is C21H19F2N7O. The Morgan fingerprint density at radius 3 is 2.61 bits per heavy atom. The molecule has 0 saturated carbocycles. The largest absolute Gasteiger partial charge is 0.461 e. The van der Waals surface area contributed by atoms with E-state index in [4.69, 9.17) is 10.2 Å². The molecule has 10 heteroatoms. The number of aromatic nitrogens is 4. The minimum absolute atomic E-state index is 0.124. The fraction of sp³-hybridized carbons (Fsp3) is 0.286. The fourth-order valence-corrected chi connectivity index (χ4v) is 4.67. The lowest BCUT2D eigenvalue weighted by atomic mass is 10.1. The van der Waals surface area contributed by atoms with E-state index in [0.717, 1.165) is 12.2 Å². The Kier molecular flexibility index (Phi) is 3.97. The number of fused-ring (bicyclic) bond motifs is 3. The molecule has 2 saturated heterocycles. The van der Waals surface area contributed by atoms with Crippen LogP contribution in [0.25, 0.3) is 17.2 Å². The van der Waals surface area contributed by atoms with Crippen molar-refractivity contribution in [1.82, 2.24) is 24.5 Å². The number of rotatable bonds is 4. The zero-order valence-corrected chi connectivity index (χ0v) is 16.4. The van der Waals surface area contributed by atoms with Crippen molar-refractivity contribution in [2.45, 2.75) is 25.0 Å². The second-order valence-electron chi connectivity index (χ2n) is 7.98. The number of piperazine rings is 1. The average molecular weight is 423 g/mol. The Morgan fingerprint density at radius 1 is 1.06 bits per heavy atom. The Bertz CT molecular complexity index is 1250. The lowest BCUT2D eigenvalue weighted by Gasteiger charge is -2.35. The van der Waals surface area contributed by atoms with Gasteiger partial charge in [-0.1, -0.05) is 6.07 Å². The third-order valence-electron chi connectivity index (χ3n) is 6.15. The molecule has 2 bridgehead atoms. The number of halogens is 2. The van der Waals surface area contributed by atoms with Crippen molar-refractivity contribution in [1.29, 1.82) is 0 Å². The molecule has 0 spiro atoms. The van der Waals surface area contributed by atoms with Crippen molar-refractivity contribution in [3.05, 3.63) is 59.9 Å². The molecule has 31 heavy (non-hydrogen) atoms. The smallest absolute Gasteiger partial charge is 0.225 e. The topological polar surface area (TPSA) is 88.7 Å². The zero-order valence-electron chi connectivity index (χ0n) is 16.4. The Balaban J connectivity index is 1.24. The van der Waals surface area contributed by atoms with Gasteiger partial charge in [-0.15, -0.1) is 5.10 Å². The molecule has 2 fully saturated rings. The molecule has 2 aliphatic rings. The van der Waals surface area contributed by atoms with Crippen molar-refractivity contribution in [3.63, 3.8) is 0 Å². The molecule has 0 radical (unpaired) electrons. The van der Waals surface area contributed by atoms with Crippen LogP contribution in [0.3, 0.4) is 0 Å². The fourth-order valence-electron chi connectivity index (χ4n) is 4.67. The monoisotopic (exact) mass is 423 g/mol. The number of nitrogens with two attached hydrogens (primary N) is 1. The SMILES string of the molecule is Nc1nc(N2CC3CC2CN3Cc2c(F)cccc2F)cc2nc(-c3ccco3)nn12. The lowest BCUT2D eigenvalue weighted by molar-refractivity contribution is 0.224. The summed E-state index contributed by atoms with van der Waals surface area (Å²) in [6.07, 6.45) is 2.47. The number of nitrogens with zero attached hydrogens (tertiary/aromatic N) is 6. The van der Waals surface area contributed by atoms with E-state index in [9.17, 15) is 8.78 Å². The summed E-state index contributed by atoms with van der Waals surface area (Å²) in [7, 11) is 0. The Labute approximate surface area is 175 Å². The molecule has 2 unspecified atom stereocenters. The molecule has 158 valence electrons. The first-order chi connectivity index (χ1) is 15.1. The van der Waals surface area contributed by atoms with Crippen LogP contribution in [-0.2, 0) is 6.54 Å². The first-order valence-electron chi connectivity index (χ1n) is 10.1. The van der Waals surface area contributed by atoms with E-state index in [1.54, 1.807) is 18.4 Å². The van der Waals surface area contributed by atoms with Crippen LogP contribution in [0.1, 0.15) is 12.0 Å². The van der Waals surface area contributed by atoms with Crippen molar-refractivity contribution >= 4 is 17.4 Å². The first kappa shape index (κ1) is 18.3. The summed E-state index contributed by atoms with van der Waals surface area (Å²) in [5, 5.41) is 4.37. The molecule has 4 aromatic rings. The molecule has 2 atom stereocenters. The minimum atomic E-state index is -0.501. The number of nitrogen functional groups attached to an aromatic ring is 1. The van der Waals surface area contributed by atoms with E-state index in [1.807, 2.05) is 6.07 Å². The first-order valence-corrected chi connectivity index (χ1v) is 10.1. The normalized spacial score (nSPS) is 20.9. The van der Waals surface area contributed by atoms with E-state index in [2.05, 4.69) is 24.9 Å². The summed E-state index contributed by atoms with van der Waals surface area (Å²) >= 11 is 0. The van der Waals surface area contributed by atoms with Gasteiger partial charge in [0.05, 0.1) is 6.26 Å². The second-order valence-corrected chi connectivity index (χ2v) is 7.98. The van der Waals surface area contributed by atoms with Gasteiger partial charge in [0, 0.05) is 43.3 Å². The van der Waals surface area contributed by atoms with Crippen LogP contribution in [-0.4, -0.2) is 49.7 Å². The molecule has 8 nitrogen and oxygen atoms in total. The van der Waals surface area contributed by atoms with Gasteiger partial charge in [0.2, 0.25) is 11.8 Å². The summed E-state index contributed by atoms with van der Waals surface area (Å²) in [5.41, 5.74) is 6.86. The summed E-state index contributed by atoms with van der Waals surface area (Å²) < 4.78 is 35.0. The highest BCUT2D eigenvalue weighted by atomic mass is 19.1. The summed E-state index contributed by atoms with van der Waals surface area (Å²) in [4.78, 5) is 13.4. The summed E-state index contributed by atoms with van der Waals surface area (Å²) in [5.74, 6) is 0.966. The van der Waals surface area contributed by atoms with E-state index in [-0.39, 0.29) is 30.1 Å². The summed E-state index contributed by atoms with van der Waals surface area (Å²) in [6.45, 7) is 1.68. The van der Waals surface area contributed by atoms with Gasteiger partial charge in [-0.2, -0.15) is 9.50 Å². The Hall–Kier alpha value is -3.53. The van der Waals surface area contributed by atoms with E-state index in [1.165, 1.54) is 22.7 Å². The summed E-state index contributed by atoms with van der Waals surface area (Å²) in [6, 6.07) is 9.80. The molecule has 2 aliphatic heterocycles. The van der Waals surface area contributed by atoms with Gasteiger partial charge >= 0.3 is 0 Å². The highest BCUT2D eigenvalue weighted by Gasteiger charge is 2.44. The van der Waals surface area contributed by atoms with Crippen molar-refractivity contribution in [2.24, 2.45) is 0 Å². The van der Waals surface area contributed by atoms with Crippen LogP contribution in [0.5, 0.6) is 0 Å². The Morgan fingerprint density at radius 2 is 1.90 bits per heavy atom. The maximum absolute atomic E-state index is 14.1. The van der Waals surface area contributed by atoms with Crippen molar-refractivity contribution in [3.8, 4) is 11.6 Å². The number of likely N-dealkylation sites (tertiary alicyclic amines) is 1. The lowest BCUT2D eigenvalue weighted by Crippen LogP contribution is -2.46. The predicted molar refractivity (Wildman–Crippen MR) is 109 cm³/mol. The highest BCUT2D eigenvalue weighted by molar-refractivity contribution is 5.60. The van der Waals surface area contributed by atoms with E-state index < -0.39 is 11.6 Å². The van der Waals surface area contributed by atoms with Crippen LogP contribution in [0.15, 0.2) is 47.1 Å². The van der Waals surface area contributed by atoms with Crippen LogP contribution < -0.4 is 10.6 Å². The second kappa shape index (κ2) is 6.74. The average Bonchev–Trinajstić information content (AvgIpc) is 3.53. The standard InChI is InChI=1S/C21H19F2N7O/c22-15-3-1-4-16(23)14(15)11-28-9-13-7-12(28)10-29(13)18-8-19-25-20(17-5-2-6-31-17)27-30(19)21(24)26-18/h1-6,8,12-13H,7,9-11H2,(H2,24,26). The minimum Gasteiger partial charge on any atom is -0.461 e. The van der Waals surface area contributed by atoms with Gasteiger partial charge in [0.15, 0.2) is 11.4 Å². The zero-order chi connectivity index (χ0) is 21.1.